The molecule has 0 spiro atoms. The van der Waals surface area contributed by atoms with Crippen molar-refractivity contribution in [2.75, 3.05) is 0 Å². The highest BCUT2D eigenvalue weighted by Crippen LogP contribution is 2.10. The van der Waals surface area contributed by atoms with Crippen molar-refractivity contribution in [1.82, 2.24) is 20.0 Å². The molecule has 15 heavy (non-hydrogen) atoms. The summed E-state index contributed by atoms with van der Waals surface area (Å²) in [5.41, 5.74) is 0. The van der Waals surface area contributed by atoms with Gasteiger partial charge in [0.1, 0.15) is 0 Å². The SMILES string of the molecule is CCc1nnc(COc2cnn(C)c2)o1. The summed E-state index contributed by atoms with van der Waals surface area (Å²) in [6.07, 6.45) is 4.15. The highest BCUT2D eigenvalue weighted by molar-refractivity contribution is 5.11. The summed E-state index contributed by atoms with van der Waals surface area (Å²) in [5.74, 6) is 1.80. The lowest BCUT2D eigenvalue weighted by molar-refractivity contribution is 0.259. The number of rotatable bonds is 4. The van der Waals surface area contributed by atoms with Crippen LogP contribution in [0, 0.1) is 0 Å². The van der Waals surface area contributed by atoms with Gasteiger partial charge in [-0.2, -0.15) is 5.10 Å². The minimum Gasteiger partial charge on any atom is -0.481 e. The van der Waals surface area contributed by atoms with Gasteiger partial charge >= 0.3 is 0 Å². The molecule has 0 N–H and O–H groups in total. The van der Waals surface area contributed by atoms with E-state index in [1.807, 2.05) is 14.0 Å². The maximum atomic E-state index is 5.39. The fourth-order valence-electron chi connectivity index (χ4n) is 1.11. The van der Waals surface area contributed by atoms with Crippen LogP contribution in [0.3, 0.4) is 0 Å². The van der Waals surface area contributed by atoms with Crippen molar-refractivity contribution >= 4 is 0 Å². The van der Waals surface area contributed by atoms with Crippen molar-refractivity contribution in [3.8, 4) is 5.75 Å². The molecular weight excluding hydrogens is 196 g/mol. The second kappa shape index (κ2) is 4.12. The lowest BCUT2D eigenvalue weighted by Gasteiger charge is -1.97. The summed E-state index contributed by atoms with van der Waals surface area (Å²) in [7, 11) is 1.83. The van der Waals surface area contributed by atoms with Gasteiger partial charge in [-0.25, -0.2) is 0 Å². The number of hydrogen-bond acceptors (Lipinski definition) is 5. The zero-order valence-electron chi connectivity index (χ0n) is 8.67. The maximum absolute atomic E-state index is 5.39. The van der Waals surface area contributed by atoms with Crippen molar-refractivity contribution in [3.05, 3.63) is 24.2 Å². The van der Waals surface area contributed by atoms with Gasteiger partial charge in [-0.1, -0.05) is 6.92 Å². The van der Waals surface area contributed by atoms with Crippen LogP contribution in [0.4, 0.5) is 0 Å². The predicted molar refractivity (Wildman–Crippen MR) is 51.2 cm³/mol. The van der Waals surface area contributed by atoms with Gasteiger partial charge in [-0.15, -0.1) is 10.2 Å². The zero-order chi connectivity index (χ0) is 10.7. The van der Waals surface area contributed by atoms with Gasteiger partial charge in [0, 0.05) is 13.5 Å². The lowest BCUT2D eigenvalue weighted by atomic mass is 10.5. The molecule has 2 aromatic heterocycles. The molecule has 6 heteroatoms. The molecule has 2 rings (SSSR count). The number of hydrogen-bond donors (Lipinski definition) is 0. The number of aromatic nitrogens is 4. The Labute approximate surface area is 86.9 Å². The van der Waals surface area contributed by atoms with E-state index in [0.717, 1.165) is 6.42 Å². The molecular formula is C9H12N4O2. The summed E-state index contributed by atoms with van der Waals surface area (Å²) >= 11 is 0. The average molecular weight is 208 g/mol. The first-order valence-electron chi connectivity index (χ1n) is 4.70. The van der Waals surface area contributed by atoms with E-state index in [9.17, 15) is 0 Å². The highest BCUT2D eigenvalue weighted by atomic mass is 16.5. The molecule has 0 unspecified atom stereocenters. The quantitative estimate of drug-likeness (QED) is 0.748. The van der Waals surface area contributed by atoms with Crippen LogP contribution in [0.25, 0.3) is 0 Å². The van der Waals surface area contributed by atoms with E-state index in [1.54, 1.807) is 17.1 Å². The Kier molecular flexibility index (Phi) is 2.66. The molecule has 0 fully saturated rings. The molecule has 0 amide bonds. The lowest BCUT2D eigenvalue weighted by Crippen LogP contribution is -1.94. The maximum Gasteiger partial charge on any atom is 0.253 e. The van der Waals surface area contributed by atoms with Crippen molar-refractivity contribution in [1.29, 1.82) is 0 Å². The van der Waals surface area contributed by atoms with Gasteiger partial charge in [0.25, 0.3) is 5.89 Å². The van der Waals surface area contributed by atoms with E-state index in [2.05, 4.69) is 15.3 Å². The third-order valence-corrected chi connectivity index (χ3v) is 1.85. The van der Waals surface area contributed by atoms with E-state index in [4.69, 9.17) is 9.15 Å². The summed E-state index contributed by atoms with van der Waals surface area (Å²) in [5, 5.41) is 11.6. The van der Waals surface area contributed by atoms with Crippen LogP contribution in [-0.2, 0) is 20.1 Å². The normalized spacial score (nSPS) is 10.5. The van der Waals surface area contributed by atoms with Crippen LogP contribution in [0.2, 0.25) is 0 Å². The molecule has 0 aliphatic rings. The van der Waals surface area contributed by atoms with Crippen LogP contribution >= 0.6 is 0 Å². The predicted octanol–water partition coefficient (Wildman–Crippen LogP) is 0.944. The monoisotopic (exact) mass is 208 g/mol. The van der Waals surface area contributed by atoms with Crippen LogP contribution in [0.1, 0.15) is 18.7 Å². The third kappa shape index (κ3) is 2.34. The van der Waals surface area contributed by atoms with Gasteiger partial charge in [-0.3, -0.25) is 4.68 Å². The van der Waals surface area contributed by atoms with Crippen molar-refractivity contribution in [2.45, 2.75) is 20.0 Å². The summed E-state index contributed by atoms with van der Waals surface area (Å²) < 4.78 is 12.3. The topological polar surface area (TPSA) is 66.0 Å². The second-order valence-electron chi connectivity index (χ2n) is 3.08. The first kappa shape index (κ1) is 9.70. The van der Waals surface area contributed by atoms with E-state index >= 15 is 0 Å². The standard InChI is InChI=1S/C9H12N4O2/c1-3-8-11-12-9(15-8)6-14-7-4-10-13(2)5-7/h4-5H,3,6H2,1-2H3. The molecule has 0 radical (unpaired) electrons. The Bertz CT molecular complexity index is 435. The minimum absolute atomic E-state index is 0.276. The Morgan fingerprint density at radius 1 is 1.40 bits per heavy atom. The van der Waals surface area contributed by atoms with Crippen LogP contribution in [-0.4, -0.2) is 20.0 Å². The van der Waals surface area contributed by atoms with Gasteiger partial charge in [-0.05, 0) is 0 Å². The van der Waals surface area contributed by atoms with Crippen LogP contribution in [0.15, 0.2) is 16.8 Å². The van der Waals surface area contributed by atoms with Gasteiger partial charge in [0.05, 0.1) is 12.4 Å². The number of nitrogens with zero attached hydrogens (tertiary/aromatic N) is 4. The molecule has 0 saturated carbocycles. The Balaban J connectivity index is 1.93. The Hall–Kier alpha value is -1.85. The molecule has 0 bridgehead atoms. The minimum atomic E-state index is 0.276. The first-order valence-corrected chi connectivity index (χ1v) is 4.70. The first-order chi connectivity index (χ1) is 7.28. The zero-order valence-corrected chi connectivity index (χ0v) is 8.67. The average Bonchev–Trinajstić information content (AvgIpc) is 2.83. The van der Waals surface area contributed by atoms with E-state index < -0.39 is 0 Å². The smallest absolute Gasteiger partial charge is 0.253 e. The number of aryl methyl sites for hydroxylation is 2. The molecule has 6 nitrogen and oxygen atoms in total. The van der Waals surface area contributed by atoms with Crippen LogP contribution < -0.4 is 4.74 Å². The fourth-order valence-corrected chi connectivity index (χ4v) is 1.11. The molecule has 80 valence electrons. The molecule has 0 atom stereocenters. The van der Waals surface area contributed by atoms with Crippen molar-refractivity contribution in [2.24, 2.45) is 7.05 Å². The Morgan fingerprint density at radius 2 is 2.20 bits per heavy atom. The third-order valence-electron chi connectivity index (χ3n) is 1.85. The fraction of sp³-hybridized carbons (Fsp3) is 0.444. The number of ether oxygens (including phenoxy) is 1. The molecule has 0 saturated heterocycles. The van der Waals surface area contributed by atoms with E-state index in [1.165, 1.54) is 0 Å². The summed E-state index contributed by atoms with van der Waals surface area (Å²) in [4.78, 5) is 0. The van der Waals surface area contributed by atoms with E-state index in [-0.39, 0.29) is 6.61 Å². The molecule has 2 aromatic rings. The molecule has 2 heterocycles. The molecule has 0 aromatic carbocycles. The van der Waals surface area contributed by atoms with Gasteiger partial charge in [0.15, 0.2) is 12.4 Å². The van der Waals surface area contributed by atoms with E-state index in [0.29, 0.717) is 17.5 Å². The van der Waals surface area contributed by atoms with Crippen molar-refractivity contribution in [3.63, 3.8) is 0 Å². The van der Waals surface area contributed by atoms with Gasteiger partial charge < -0.3 is 9.15 Å². The summed E-state index contributed by atoms with van der Waals surface area (Å²) in [6, 6.07) is 0. The largest absolute Gasteiger partial charge is 0.481 e. The second-order valence-corrected chi connectivity index (χ2v) is 3.08. The molecule has 0 aliphatic heterocycles. The Morgan fingerprint density at radius 3 is 2.80 bits per heavy atom. The van der Waals surface area contributed by atoms with Gasteiger partial charge in [0.2, 0.25) is 5.89 Å². The highest BCUT2D eigenvalue weighted by Gasteiger charge is 2.05. The molecule has 0 aliphatic carbocycles. The summed E-state index contributed by atoms with van der Waals surface area (Å²) in [6.45, 7) is 2.23. The van der Waals surface area contributed by atoms with Crippen LogP contribution in [0.5, 0.6) is 5.75 Å². The van der Waals surface area contributed by atoms with Crippen molar-refractivity contribution < 1.29 is 9.15 Å².